The van der Waals surface area contributed by atoms with E-state index in [1.54, 1.807) is 31.6 Å². The highest BCUT2D eigenvalue weighted by atomic mass is 32.1. The van der Waals surface area contributed by atoms with Crippen molar-refractivity contribution in [1.29, 1.82) is 0 Å². The van der Waals surface area contributed by atoms with Crippen LogP contribution >= 0.6 is 11.3 Å². The molecule has 4 rings (SSSR count). The molecule has 2 aromatic heterocycles. The average Bonchev–Trinajstić information content (AvgIpc) is 3.33. The van der Waals surface area contributed by atoms with Gasteiger partial charge in [-0.25, -0.2) is 4.98 Å². The predicted molar refractivity (Wildman–Crippen MR) is 132 cm³/mol. The molecule has 0 saturated carbocycles. The van der Waals surface area contributed by atoms with Crippen LogP contribution in [0.2, 0.25) is 0 Å². The number of thiazole rings is 1. The van der Waals surface area contributed by atoms with Gasteiger partial charge in [-0.15, -0.1) is 11.3 Å². The number of nitrogens with zero attached hydrogens (tertiary/aromatic N) is 4. The number of hydrogen-bond donors (Lipinski definition) is 0. The average molecular weight is 479 g/mol. The number of aryl methyl sites for hydroxylation is 1. The van der Waals surface area contributed by atoms with Crippen molar-refractivity contribution in [3.8, 4) is 5.75 Å². The number of likely N-dealkylation sites (tertiary alicyclic amines) is 1. The van der Waals surface area contributed by atoms with Crippen LogP contribution in [0.5, 0.6) is 5.75 Å². The Balaban J connectivity index is 1.51. The molecular weight excluding hydrogens is 448 g/mol. The number of hydrogen-bond acceptors (Lipinski definition) is 6. The maximum atomic E-state index is 13.3. The summed E-state index contributed by atoms with van der Waals surface area (Å²) in [6, 6.07) is 11.6. The number of benzene rings is 1. The highest BCUT2D eigenvalue weighted by molar-refractivity contribution is 7.09. The molecule has 0 spiro atoms. The van der Waals surface area contributed by atoms with Crippen LogP contribution in [0.1, 0.15) is 44.3 Å². The Bertz CT molecular complexity index is 1130. The van der Waals surface area contributed by atoms with E-state index in [2.05, 4.69) is 16.0 Å². The van der Waals surface area contributed by atoms with Crippen molar-refractivity contribution < 1.29 is 14.3 Å². The minimum Gasteiger partial charge on any atom is -0.497 e. The van der Waals surface area contributed by atoms with Crippen LogP contribution in [-0.2, 0) is 6.42 Å². The van der Waals surface area contributed by atoms with Gasteiger partial charge in [0, 0.05) is 44.0 Å². The van der Waals surface area contributed by atoms with E-state index in [9.17, 15) is 9.59 Å². The number of pyridine rings is 1. The number of aromatic nitrogens is 2. The largest absolute Gasteiger partial charge is 0.497 e. The van der Waals surface area contributed by atoms with Crippen LogP contribution in [0.3, 0.4) is 0 Å². The van der Waals surface area contributed by atoms with Gasteiger partial charge in [0.15, 0.2) is 0 Å². The van der Waals surface area contributed by atoms with E-state index in [-0.39, 0.29) is 23.8 Å². The van der Waals surface area contributed by atoms with Crippen molar-refractivity contribution in [1.82, 2.24) is 19.8 Å². The minimum absolute atomic E-state index is 0.00747. The number of likely N-dealkylation sites (N-methyl/N-ethyl adjacent to an activating group) is 1. The molecule has 2 amide bonds. The summed E-state index contributed by atoms with van der Waals surface area (Å²) < 4.78 is 5.41. The monoisotopic (exact) mass is 478 g/mol. The quantitative estimate of drug-likeness (QED) is 0.511. The molecule has 0 aliphatic carbocycles. The van der Waals surface area contributed by atoms with Gasteiger partial charge in [0.2, 0.25) is 0 Å². The number of carbonyl (C=O) groups is 2. The summed E-state index contributed by atoms with van der Waals surface area (Å²) in [5.74, 6) is 1.01. The predicted octanol–water partition coefficient (Wildman–Crippen LogP) is 4.09. The zero-order chi connectivity index (χ0) is 24.1. The van der Waals surface area contributed by atoms with E-state index in [4.69, 9.17) is 4.74 Å². The molecule has 0 radical (unpaired) electrons. The Labute approximate surface area is 204 Å². The van der Waals surface area contributed by atoms with Crippen LogP contribution < -0.4 is 4.74 Å². The molecule has 1 fully saturated rings. The van der Waals surface area contributed by atoms with E-state index < -0.39 is 0 Å². The Hall–Kier alpha value is -3.26. The Kier molecular flexibility index (Phi) is 7.57. The number of carbonyl (C=O) groups excluding carboxylic acids is 2. The maximum absolute atomic E-state index is 13.3. The fourth-order valence-corrected chi connectivity index (χ4v) is 5.20. The zero-order valence-corrected chi connectivity index (χ0v) is 20.6. The lowest BCUT2D eigenvalue weighted by molar-refractivity contribution is 0.0520. The molecule has 3 aromatic rings. The van der Waals surface area contributed by atoms with Gasteiger partial charge >= 0.3 is 0 Å². The molecule has 1 saturated heterocycles. The van der Waals surface area contributed by atoms with E-state index in [0.29, 0.717) is 30.8 Å². The topological polar surface area (TPSA) is 75.6 Å². The van der Waals surface area contributed by atoms with Gasteiger partial charge in [-0.05, 0) is 61.9 Å². The minimum atomic E-state index is -0.0440. The molecule has 1 aliphatic rings. The van der Waals surface area contributed by atoms with Gasteiger partial charge < -0.3 is 14.5 Å². The van der Waals surface area contributed by atoms with Gasteiger partial charge in [0.1, 0.15) is 11.4 Å². The lowest BCUT2D eigenvalue weighted by Gasteiger charge is -2.40. The summed E-state index contributed by atoms with van der Waals surface area (Å²) >= 11 is 1.49. The smallest absolute Gasteiger partial charge is 0.273 e. The maximum Gasteiger partial charge on any atom is 0.273 e. The number of piperidine rings is 1. The Morgan fingerprint density at radius 2 is 2.03 bits per heavy atom. The molecule has 8 heteroatoms. The molecule has 34 heavy (non-hydrogen) atoms. The fraction of sp³-hybridized carbons (Fsp3) is 0.385. The SMILES string of the molecule is COc1cccc(CC(C2CCN(C(=O)c3csc(C)n3)CC2)N(C)C(=O)c2cccnc2)c1. The van der Waals surface area contributed by atoms with Crippen LogP contribution in [0.4, 0.5) is 0 Å². The van der Waals surface area contributed by atoms with Crippen LogP contribution in [0.15, 0.2) is 54.2 Å². The number of methoxy groups -OCH3 is 1. The molecule has 7 nitrogen and oxygen atoms in total. The first-order valence-corrected chi connectivity index (χ1v) is 12.4. The summed E-state index contributed by atoms with van der Waals surface area (Å²) in [5.41, 5.74) is 2.22. The number of amides is 2. The first-order valence-electron chi connectivity index (χ1n) is 11.5. The van der Waals surface area contributed by atoms with Gasteiger partial charge in [0.25, 0.3) is 11.8 Å². The van der Waals surface area contributed by atoms with Crippen molar-refractivity contribution in [3.63, 3.8) is 0 Å². The molecular formula is C26H30N4O3S. The van der Waals surface area contributed by atoms with Crippen LogP contribution in [0.25, 0.3) is 0 Å². The highest BCUT2D eigenvalue weighted by Gasteiger charge is 2.33. The molecule has 0 bridgehead atoms. The third kappa shape index (κ3) is 5.44. The lowest BCUT2D eigenvalue weighted by atomic mass is 9.84. The second-order valence-electron chi connectivity index (χ2n) is 8.66. The molecule has 1 aromatic carbocycles. The number of rotatable bonds is 7. The van der Waals surface area contributed by atoms with Gasteiger partial charge in [-0.2, -0.15) is 0 Å². The Morgan fingerprint density at radius 3 is 2.68 bits per heavy atom. The summed E-state index contributed by atoms with van der Waals surface area (Å²) in [7, 11) is 3.53. The normalized spacial score (nSPS) is 15.1. The summed E-state index contributed by atoms with van der Waals surface area (Å²) in [5, 5.41) is 2.72. The van der Waals surface area contributed by atoms with Crippen molar-refractivity contribution >= 4 is 23.2 Å². The molecule has 1 unspecified atom stereocenters. The van der Waals surface area contributed by atoms with Crippen molar-refractivity contribution in [2.24, 2.45) is 5.92 Å². The lowest BCUT2D eigenvalue weighted by Crippen LogP contribution is -2.48. The van der Waals surface area contributed by atoms with E-state index >= 15 is 0 Å². The van der Waals surface area contributed by atoms with Crippen molar-refractivity contribution in [2.75, 3.05) is 27.2 Å². The van der Waals surface area contributed by atoms with Crippen LogP contribution in [0, 0.1) is 12.8 Å². The molecule has 3 heterocycles. The third-order valence-electron chi connectivity index (χ3n) is 6.51. The van der Waals surface area contributed by atoms with Crippen molar-refractivity contribution in [3.05, 3.63) is 76.0 Å². The molecule has 1 atom stereocenters. The second-order valence-corrected chi connectivity index (χ2v) is 9.72. The van der Waals surface area contributed by atoms with E-state index in [0.717, 1.165) is 29.2 Å². The number of ether oxygens (including phenoxy) is 1. The van der Waals surface area contributed by atoms with Gasteiger partial charge in [-0.1, -0.05) is 12.1 Å². The van der Waals surface area contributed by atoms with Gasteiger partial charge in [-0.3, -0.25) is 14.6 Å². The highest BCUT2D eigenvalue weighted by Crippen LogP contribution is 2.29. The first kappa shape index (κ1) is 23.9. The molecule has 178 valence electrons. The summed E-state index contributed by atoms with van der Waals surface area (Å²) in [6.07, 6.45) is 5.64. The summed E-state index contributed by atoms with van der Waals surface area (Å²) in [4.78, 5) is 38.4. The zero-order valence-electron chi connectivity index (χ0n) is 19.8. The van der Waals surface area contributed by atoms with E-state index in [1.165, 1.54) is 11.3 Å². The first-order chi connectivity index (χ1) is 16.5. The second kappa shape index (κ2) is 10.8. The van der Waals surface area contributed by atoms with Gasteiger partial charge in [0.05, 0.1) is 17.7 Å². The summed E-state index contributed by atoms with van der Waals surface area (Å²) in [6.45, 7) is 3.22. The molecule has 1 aliphatic heterocycles. The van der Waals surface area contributed by atoms with E-state index in [1.807, 2.05) is 47.4 Å². The third-order valence-corrected chi connectivity index (χ3v) is 7.29. The van der Waals surface area contributed by atoms with Crippen molar-refractivity contribution in [2.45, 2.75) is 32.2 Å². The standard InChI is InChI=1S/C26H30N4O3S/c1-18-28-23(17-34-18)26(32)30-12-9-20(10-13-30)24(15-19-6-4-8-22(14-19)33-3)29(2)25(31)21-7-5-11-27-16-21/h4-8,11,14,16-17,20,24H,9-10,12-13,15H2,1-3H3. The molecule has 0 N–H and O–H groups in total. The Morgan fingerprint density at radius 1 is 1.24 bits per heavy atom. The van der Waals surface area contributed by atoms with Crippen LogP contribution in [-0.4, -0.2) is 64.9 Å². The fourth-order valence-electron chi connectivity index (χ4n) is 4.62.